The Balaban J connectivity index is 1.74. The number of hydrogen-bond donors (Lipinski definition) is 1. The van der Waals surface area contributed by atoms with Crippen molar-refractivity contribution in [1.29, 1.82) is 0 Å². The van der Waals surface area contributed by atoms with E-state index in [1.807, 2.05) is 25.1 Å². The van der Waals surface area contributed by atoms with Crippen molar-refractivity contribution in [2.45, 2.75) is 26.3 Å². The monoisotopic (exact) mass is 370 g/mol. The number of nitrogens with zero attached hydrogens (tertiary/aromatic N) is 1. The summed E-state index contributed by atoms with van der Waals surface area (Å²) < 4.78 is 0. The summed E-state index contributed by atoms with van der Waals surface area (Å²) in [5.74, 6) is -0.944. The summed E-state index contributed by atoms with van der Waals surface area (Å²) in [5, 5.41) is 3.36. The van der Waals surface area contributed by atoms with Crippen molar-refractivity contribution >= 4 is 29.3 Å². The van der Waals surface area contributed by atoms with Crippen LogP contribution in [0.4, 0.5) is 0 Å². The molecule has 0 saturated heterocycles. The van der Waals surface area contributed by atoms with Crippen LogP contribution in [0, 0.1) is 0 Å². The van der Waals surface area contributed by atoms with Crippen LogP contribution in [0.15, 0.2) is 42.5 Å². The number of fused-ring (bicyclic) bond motifs is 1. The van der Waals surface area contributed by atoms with Gasteiger partial charge >= 0.3 is 0 Å². The minimum absolute atomic E-state index is 0.283. The molecule has 0 unspecified atom stereocenters. The molecule has 0 bridgehead atoms. The van der Waals surface area contributed by atoms with Crippen LogP contribution >= 0.6 is 11.6 Å². The van der Waals surface area contributed by atoms with Gasteiger partial charge in [-0.05, 0) is 36.2 Å². The van der Waals surface area contributed by atoms with Crippen LogP contribution in [0.3, 0.4) is 0 Å². The molecule has 1 N–H and O–H groups in total. The highest BCUT2D eigenvalue weighted by molar-refractivity contribution is 6.31. The smallest absolute Gasteiger partial charge is 0.261 e. The lowest BCUT2D eigenvalue weighted by Crippen LogP contribution is -2.30. The highest BCUT2D eigenvalue weighted by Gasteiger charge is 2.35. The van der Waals surface area contributed by atoms with E-state index in [0.717, 1.165) is 18.4 Å². The second kappa shape index (κ2) is 7.70. The molecule has 0 radical (unpaired) electrons. The summed E-state index contributed by atoms with van der Waals surface area (Å²) in [6.45, 7) is 2.68. The molecule has 134 valence electrons. The zero-order valence-corrected chi connectivity index (χ0v) is 15.2. The van der Waals surface area contributed by atoms with Gasteiger partial charge in [-0.2, -0.15) is 0 Å². The number of hydrogen-bond acceptors (Lipinski definition) is 3. The van der Waals surface area contributed by atoms with Gasteiger partial charge in [0.2, 0.25) is 0 Å². The zero-order chi connectivity index (χ0) is 18.7. The molecular weight excluding hydrogens is 352 g/mol. The lowest BCUT2D eigenvalue weighted by Gasteiger charge is -2.12. The molecule has 2 aromatic rings. The molecule has 1 aliphatic rings. The standard InChI is InChI=1S/C20H19ClN2O3/c1-2-3-10-23-19(25)15-9-8-13(11-16(15)20(23)26)18(24)22-12-14-6-4-5-7-17(14)21/h4-9,11H,2-3,10,12H2,1H3,(H,22,24). The van der Waals surface area contributed by atoms with Gasteiger partial charge in [0.05, 0.1) is 11.1 Å². The van der Waals surface area contributed by atoms with Gasteiger partial charge in [0, 0.05) is 23.7 Å². The Morgan fingerprint density at radius 2 is 1.81 bits per heavy atom. The lowest BCUT2D eigenvalue weighted by atomic mass is 10.1. The largest absolute Gasteiger partial charge is 0.348 e. The molecule has 5 nitrogen and oxygen atoms in total. The molecule has 0 aliphatic carbocycles. The maximum absolute atomic E-state index is 12.5. The van der Waals surface area contributed by atoms with E-state index in [4.69, 9.17) is 11.6 Å². The van der Waals surface area contributed by atoms with Crippen molar-refractivity contribution in [3.8, 4) is 0 Å². The fourth-order valence-corrected chi connectivity index (χ4v) is 3.07. The summed E-state index contributed by atoms with van der Waals surface area (Å²) in [7, 11) is 0. The number of nitrogens with one attached hydrogen (secondary N) is 1. The highest BCUT2D eigenvalue weighted by atomic mass is 35.5. The third-order valence-corrected chi connectivity index (χ3v) is 4.73. The van der Waals surface area contributed by atoms with E-state index in [1.165, 1.54) is 11.0 Å². The molecule has 0 fully saturated rings. The Morgan fingerprint density at radius 1 is 1.08 bits per heavy atom. The maximum Gasteiger partial charge on any atom is 0.261 e. The van der Waals surface area contributed by atoms with Crippen molar-refractivity contribution in [2.24, 2.45) is 0 Å². The Kier molecular flexibility index (Phi) is 5.38. The number of benzene rings is 2. The average Bonchev–Trinajstić information content (AvgIpc) is 2.89. The van der Waals surface area contributed by atoms with Crippen LogP contribution in [0.1, 0.15) is 56.4 Å². The number of amides is 3. The Morgan fingerprint density at radius 3 is 2.54 bits per heavy atom. The Hall–Kier alpha value is -2.66. The van der Waals surface area contributed by atoms with Gasteiger partial charge in [0.25, 0.3) is 17.7 Å². The van der Waals surface area contributed by atoms with Crippen LogP contribution < -0.4 is 5.32 Å². The van der Waals surface area contributed by atoms with E-state index < -0.39 is 0 Å². The van der Waals surface area contributed by atoms with Crippen molar-refractivity contribution in [3.05, 3.63) is 69.7 Å². The second-order valence-electron chi connectivity index (χ2n) is 6.15. The number of unbranched alkanes of at least 4 members (excludes halogenated alkanes) is 1. The first kappa shape index (κ1) is 18.1. The number of halogens is 1. The molecular formula is C20H19ClN2O3. The van der Waals surface area contributed by atoms with Gasteiger partial charge in [-0.1, -0.05) is 43.1 Å². The summed E-state index contributed by atoms with van der Waals surface area (Å²) in [6.07, 6.45) is 1.65. The van der Waals surface area contributed by atoms with Crippen molar-refractivity contribution in [3.63, 3.8) is 0 Å². The topological polar surface area (TPSA) is 66.5 Å². The van der Waals surface area contributed by atoms with E-state index in [9.17, 15) is 14.4 Å². The molecule has 3 rings (SSSR count). The van der Waals surface area contributed by atoms with Gasteiger partial charge in [-0.15, -0.1) is 0 Å². The first-order chi connectivity index (χ1) is 12.5. The van der Waals surface area contributed by atoms with Crippen molar-refractivity contribution < 1.29 is 14.4 Å². The average molecular weight is 371 g/mol. The molecule has 2 aromatic carbocycles. The number of imide groups is 1. The van der Waals surface area contributed by atoms with Crippen LogP contribution in [-0.2, 0) is 6.54 Å². The predicted octanol–water partition coefficient (Wildman–Crippen LogP) is 3.67. The molecule has 1 heterocycles. The third-order valence-electron chi connectivity index (χ3n) is 4.37. The minimum atomic E-state index is -0.334. The van der Waals surface area contributed by atoms with Crippen molar-refractivity contribution in [1.82, 2.24) is 10.2 Å². The lowest BCUT2D eigenvalue weighted by molar-refractivity contribution is 0.0652. The highest BCUT2D eigenvalue weighted by Crippen LogP contribution is 2.24. The second-order valence-corrected chi connectivity index (χ2v) is 6.56. The molecule has 0 aromatic heterocycles. The minimum Gasteiger partial charge on any atom is -0.348 e. The number of carbonyl (C=O) groups is 3. The quantitative estimate of drug-likeness (QED) is 0.789. The van der Waals surface area contributed by atoms with Crippen molar-refractivity contribution in [2.75, 3.05) is 6.54 Å². The predicted molar refractivity (Wildman–Crippen MR) is 99.3 cm³/mol. The SMILES string of the molecule is CCCCN1C(=O)c2ccc(C(=O)NCc3ccccc3Cl)cc2C1=O. The molecule has 0 saturated carbocycles. The molecule has 0 atom stereocenters. The maximum atomic E-state index is 12.5. The number of carbonyl (C=O) groups excluding carboxylic acids is 3. The first-order valence-corrected chi connectivity index (χ1v) is 8.92. The summed E-state index contributed by atoms with van der Waals surface area (Å²) in [4.78, 5) is 38.5. The number of rotatable bonds is 6. The van der Waals surface area contributed by atoms with E-state index in [-0.39, 0.29) is 29.8 Å². The van der Waals surface area contributed by atoms with Crippen LogP contribution in [0.2, 0.25) is 5.02 Å². The first-order valence-electron chi connectivity index (χ1n) is 8.54. The van der Waals surface area contributed by atoms with Gasteiger partial charge in [0.1, 0.15) is 0 Å². The fourth-order valence-electron chi connectivity index (χ4n) is 2.87. The Bertz CT molecular complexity index is 879. The van der Waals surface area contributed by atoms with Crippen LogP contribution in [0.25, 0.3) is 0 Å². The molecule has 26 heavy (non-hydrogen) atoms. The van der Waals surface area contributed by atoms with Gasteiger partial charge in [-0.25, -0.2) is 0 Å². The zero-order valence-electron chi connectivity index (χ0n) is 14.4. The Labute approximate surface area is 156 Å². The van der Waals surface area contributed by atoms with Crippen LogP contribution in [-0.4, -0.2) is 29.2 Å². The normalized spacial score (nSPS) is 13.1. The molecule has 6 heteroatoms. The van der Waals surface area contributed by atoms with Gasteiger partial charge in [-0.3, -0.25) is 19.3 Å². The molecule has 0 spiro atoms. The van der Waals surface area contributed by atoms with E-state index in [2.05, 4.69) is 5.32 Å². The van der Waals surface area contributed by atoms with E-state index >= 15 is 0 Å². The summed E-state index contributed by atoms with van der Waals surface area (Å²) in [6, 6.07) is 11.9. The molecule has 1 aliphatic heterocycles. The summed E-state index contributed by atoms with van der Waals surface area (Å²) >= 11 is 6.08. The van der Waals surface area contributed by atoms with E-state index in [0.29, 0.717) is 22.7 Å². The van der Waals surface area contributed by atoms with E-state index in [1.54, 1.807) is 18.2 Å². The molecule has 3 amide bonds. The van der Waals surface area contributed by atoms with Gasteiger partial charge < -0.3 is 5.32 Å². The summed E-state index contributed by atoms with van der Waals surface area (Å²) in [5.41, 5.74) is 1.79. The van der Waals surface area contributed by atoms with Crippen LogP contribution in [0.5, 0.6) is 0 Å². The third kappa shape index (κ3) is 3.48. The van der Waals surface area contributed by atoms with Gasteiger partial charge in [0.15, 0.2) is 0 Å². The fraction of sp³-hybridized carbons (Fsp3) is 0.250.